The van der Waals surface area contributed by atoms with Gasteiger partial charge in [0.15, 0.2) is 11.4 Å². The lowest BCUT2D eigenvalue weighted by molar-refractivity contribution is 0.0819. The van der Waals surface area contributed by atoms with Crippen molar-refractivity contribution in [2.45, 2.75) is 32.7 Å². The zero-order valence-electron chi connectivity index (χ0n) is 18.7. The van der Waals surface area contributed by atoms with E-state index in [9.17, 15) is 19.5 Å². The zero-order valence-corrected chi connectivity index (χ0v) is 18.7. The number of aromatic nitrogens is 3. The highest BCUT2D eigenvalue weighted by atomic mass is 16.3. The van der Waals surface area contributed by atoms with E-state index < -0.39 is 22.5 Å². The Bertz CT molecular complexity index is 1280. The van der Waals surface area contributed by atoms with Gasteiger partial charge in [-0.1, -0.05) is 6.92 Å². The third kappa shape index (κ3) is 3.51. The van der Waals surface area contributed by atoms with Crippen LogP contribution in [0.3, 0.4) is 0 Å². The number of aryl methyl sites for hydroxylation is 2. The Labute approximate surface area is 184 Å². The van der Waals surface area contributed by atoms with Crippen LogP contribution in [0.15, 0.2) is 28.0 Å². The number of rotatable bonds is 7. The molecule has 3 N–H and O–H groups in total. The summed E-state index contributed by atoms with van der Waals surface area (Å²) in [5.41, 5.74) is 0.569. The highest BCUT2D eigenvalue weighted by molar-refractivity contribution is 5.97. The molecule has 168 valence electrons. The third-order valence-corrected chi connectivity index (χ3v) is 6.05. The number of nitrogens with zero attached hydrogens (tertiary/aromatic N) is 4. The summed E-state index contributed by atoms with van der Waals surface area (Å²) in [5.74, 6) is -0.877. The largest absolute Gasteiger partial charge is 0.504 e. The van der Waals surface area contributed by atoms with E-state index in [1.165, 1.54) is 17.2 Å². The molecule has 1 aliphatic rings. The van der Waals surface area contributed by atoms with Crippen LogP contribution in [0.25, 0.3) is 0 Å². The molecule has 1 saturated carbocycles. The maximum Gasteiger partial charge on any atom is 0.275 e. The Morgan fingerprint density at radius 3 is 2.47 bits per heavy atom. The van der Waals surface area contributed by atoms with Gasteiger partial charge in [-0.3, -0.25) is 19.1 Å². The van der Waals surface area contributed by atoms with Gasteiger partial charge in [-0.25, -0.2) is 4.98 Å². The van der Waals surface area contributed by atoms with Crippen molar-refractivity contribution >= 4 is 23.0 Å². The number of nitrogens with one attached hydrogen (secondary N) is 2. The van der Waals surface area contributed by atoms with E-state index in [-0.39, 0.29) is 34.2 Å². The fourth-order valence-corrected chi connectivity index (χ4v) is 3.82. The number of amides is 1. The predicted octanol–water partition coefficient (Wildman–Crippen LogP) is 1.82. The summed E-state index contributed by atoms with van der Waals surface area (Å²) in [6.45, 7) is 4.08. The number of hydrogen-bond acceptors (Lipinski definition) is 8. The molecule has 0 unspecified atom stereocenters. The fraction of sp³-hybridized carbons (Fsp3) is 0.409. The molecule has 0 spiro atoms. The van der Waals surface area contributed by atoms with Gasteiger partial charge in [-0.05, 0) is 36.8 Å². The Morgan fingerprint density at radius 1 is 1.25 bits per heavy atom. The molecule has 1 fully saturated rings. The summed E-state index contributed by atoms with van der Waals surface area (Å²) in [4.78, 5) is 42.3. The highest BCUT2D eigenvalue weighted by Crippen LogP contribution is 2.55. The number of pyridine rings is 1. The monoisotopic (exact) mass is 438 g/mol. The molecule has 32 heavy (non-hydrogen) atoms. The second-order valence-corrected chi connectivity index (χ2v) is 8.89. The minimum absolute atomic E-state index is 0.0441. The van der Waals surface area contributed by atoms with Gasteiger partial charge in [0.2, 0.25) is 0 Å². The molecule has 1 amide bonds. The highest BCUT2D eigenvalue weighted by Gasteiger charge is 2.48. The van der Waals surface area contributed by atoms with Gasteiger partial charge >= 0.3 is 0 Å². The molecule has 1 aromatic carbocycles. The van der Waals surface area contributed by atoms with Crippen LogP contribution in [0.2, 0.25) is 0 Å². The normalized spacial score (nSPS) is 15.4. The molecule has 2 aromatic heterocycles. The molecule has 0 saturated heterocycles. The molecule has 0 bridgehead atoms. The van der Waals surface area contributed by atoms with Crippen molar-refractivity contribution in [3.8, 4) is 5.75 Å². The first-order valence-corrected chi connectivity index (χ1v) is 10.3. The second kappa shape index (κ2) is 7.47. The predicted molar refractivity (Wildman–Crippen MR) is 120 cm³/mol. The number of carbonyl (C=O) groups excluding carboxylic acids is 1. The first kappa shape index (κ1) is 21.5. The maximum absolute atomic E-state index is 12.4. The molecular formula is C22H26N6O4. The van der Waals surface area contributed by atoms with Crippen LogP contribution in [0.1, 0.15) is 47.6 Å². The SMILES string of the molecule is Cc1cn(C)nc1[C@H](Nc1c(Nc2ccnc(C(=O)N(C)C)c2O)c(=O)c1=O)C1(C)CC1. The summed E-state index contributed by atoms with van der Waals surface area (Å²) >= 11 is 0. The van der Waals surface area contributed by atoms with Crippen LogP contribution in [0.5, 0.6) is 5.75 Å². The van der Waals surface area contributed by atoms with Gasteiger partial charge in [0.25, 0.3) is 16.8 Å². The van der Waals surface area contributed by atoms with Crippen LogP contribution in [-0.4, -0.2) is 44.8 Å². The van der Waals surface area contributed by atoms with Crippen molar-refractivity contribution in [3.05, 3.63) is 55.9 Å². The van der Waals surface area contributed by atoms with E-state index in [1.54, 1.807) is 18.8 Å². The van der Waals surface area contributed by atoms with Gasteiger partial charge in [0.1, 0.15) is 11.4 Å². The first-order chi connectivity index (χ1) is 15.0. The van der Waals surface area contributed by atoms with Gasteiger partial charge in [0.05, 0.1) is 17.4 Å². The van der Waals surface area contributed by atoms with Crippen molar-refractivity contribution in [2.24, 2.45) is 12.5 Å². The minimum Gasteiger partial charge on any atom is -0.504 e. The zero-order chi connectivity index (χ0) is 23.4. The lowest BCUT2D eigenvalue weighted by atomic mass is 9.93. The number of anilines is 3. The lowest BCUT2D eigenvalue weighted by Gasteiger charge is -2.27. The van der Waals surface area contributed by atoms with Gasteiger partial charge in [0, 0.05) is 33.5 Å². The summed E-state index contributed by atoms with van der Waals surface area (Å²) in [7, 11) is 4.92. The molecule has 1 atom stereocenters. The Balaban J connectivity index is 1.68. The van der Waals surface area contributed by atoms with Crippen molar-refractivity contribution in [1.29, 1.82) is 0 Å². The standard InChI is InChI=1S/C22H26N6O4/c1-11-10-28(5)26-13(11)20(22(2)7-8-22)25-15-14(18(30)19(15)31)24-12-6-9-23-16(17(12)29)21(32)27(3)4/h6,9-10,20,25,29H,7-8H2,1-5H3,(H,23,24)/t20-/m0/s1. The topological polar surface area (TPSA) is 129 Å². The second-order valence-electron chi connectivity index (χ2n) is 8.89. The van der Waals surface area contributed by atoms with Crippen molar-refractivity contribution in [3.63, 3.8) is 0 Å². The smallest absolute Gasteiger partial charge is 0.275 e. The molecule has 0 radical (unpaired) electrons. The molecule has 2 heterocycles. The van der Waals surface area contributed by atoms with Crippen molar-refractivity contribution in [1.82, 2.24) is 19.7 Å². The number of hydrogen-bond donors (Lipinski definition) is 3. The maximum atomic E-state index is 12.4. The average molecular weight is 438 g/mol. The molecule has 0 aliphatic heterocycles. The average Bonchev–Trinajstić information content (AvgIpc) is 3.40. The van der Waals surface area contributed by atoms with E-state index in [0.29, 0.717) is 0 Å². The molecule has 10 nitrogen and oxygen atoms in total. The van der Waals surface area contributed by atoms with E-state index >= 15 is 0 Å². The van der Waals surface area contributed by atoms with E-state index in [2.05, 4.69) is 27.6 Å². The van der Waals surface area contributed by atoms with Gasteiger partial charge in [-0.15, -0.1) is 0 Å². The van der Waals surface area contributed by atoms with Crippen LogP contribution >= 0.6 is 0 Å². The molecule has 3 aromatic rings. The Morgan fingerprint density at radius 2 is 1.91 bits per heavy atom. The Kier molecular flexibility index (Phi) is 5.03. The van der Waals surface area contributed by atoms with Crippen LogP contribution < -0.4 is 21.5 Å². The number of aromatic hydroxyl groups is 1. The van der Waals surface area contributed by atoms with E-state index in [4.69, 9.17) is 0 Å². The van der Waals surface area contributed by atoms with Crippen molar-refractivity contribution < 1.29 is 9.90 Å². The van der Waals surface area contributed by atoms with Crippen LogP contribution in [-0.2, 0) is 7.05 Å². The minimum atomic E-state index is -0.693. The van der Waals surface area contributed by atoms with Gasteiger partial charge in [-0.2, -0.15) is 5.10 Å². The molecule has 4 rings (SSSR count). The first-order valence-electron chi connectivity index (χ1n) is 10.3. The quantitative estimate of drug-likeness (QED) is 0.477. The Hall–Kier alpha value is -3.69. The summed E-state index contributed by atoms with van der Waals surface area (Å²) in [6.07, 6.45) is 5.21. The summed E-state index contributed by atoms with van der Waals surface area (Å²) in [5, 5.41) is 21.2. The van der Waals surface area contributed by atoms with Crippen molar-refractivity contribution in [2.75, 3.05) is 24.7 Å². The third-order valence-electron chi connectivity index (χ3n) is 6.05. The summed E-state index contributed by atoms with van der Waals surface area (Å²) in [6, 6.07) is 1.19. The number of carbonyl (C=O) groups is 1. The van der Waals surface area contributed by atoms with E-state index in [1.807, 2.05) is 20.2 Å². The van der Waals surface area contributed by atoms with E-state index in [0.717, 1.165) is 24.1 Å². The molecule has 10 heteroatoms. The van der Waals surface area contributed by atoms with Gasteiger partial charge < -0.3 is 20.6 Å². The van der Waals surface area contributed by atoms with Crippen LogP contribution in [0, 0.1) is 12.3 Å². The summed E-state index contributed by atoms with van der Waals surface area (Å²) < 4.78 is 1.73. The molecule has 1 aliphatic carbocycles. The van der Waals surface area contributed by atoms with Crippen LogP contribution in [0.4, 0.5) is 17.1 Å². The molecular weight excluding hydrogens is 412 g/mol. The fourth-order valence-electron chi connectivity index (χ4n) is 3.82. The lowest BCUT2D eigenvalue weighted by Crippen LogP contribution is -2.38.